The Hall–Kier alpha value is -1.22. The van der Waals surface area contributed by atoms with Gasteiger partial charge in [0.05, 0.1) is 0 Å². The number of carbonyl (C=O) groups is 1. The van der Waals surface area contributed by atoms with Gasteiger partial charge in [-0.15, -0.1) is 0 Å². The third-order valence-corrected chi connectivity index (χ3v) is 3.85. The average Bonchev–Trinajstić information content (AvgIpc) is 2.58. The molecule has 1 aromatic rings. The molecule has 1 aliphatic carbocycles. The number of rotatable bonds is 2. The fourth-order valence-corrected chi connectivity index (χ4v) is 2.67. The summed E-state index contributed by atoms with van der Waals surface area (Å²) in [6.07, 6.45) is 2.64. The van der Waals surface area contributed by atoms with Gasteiger partial charge in [-0.1, -0.05) is 13.3 Å². The lowest BCUT2D eigenvalue weighted by Crippen LogP contribution is -2.41. The summed E-state index contributed by atoms with van der Waals surface area (Å²) in [4.78, 5) is 12.4. The summed E-state index contributed by atoms with van der Waals surface area (Å²) in [6, 6.07) is 4.36. The van der Waals surface area contributed by atoms with Crippen LogP contribution in [0.2, 0.25) is 0 Å². The summed E-state index contributed by atoms with van der Waals surface area (Å²) in [5, 5.41) is 0. The fraction of sp³-hybridized carbons (Fsp3) is 0.500. The molecule has 0 aliphatic heterocycles. The normalized spacial score (nSPS) is 28.4. The zero-order valence-corrected chi connectivity index (χ0v) is 10.3. The lowest BCUT2D eigenvalue weighted by molar-refractivity contribution is 0.0802. The van der Waals surface area contributed by atoms with Crippen molar-refractivity contribution in [2.75, 3.05) is 0 Å². The van der Waals surface area contributed by atoms with Crippen molar-refractivity contribution in [3.05, 3.63) is 35.1 Å². The molecule has 0 heterocycles. The van der Waals surface area contributed by atoms with E-state index in [1.54, 1.807) is 13.0 Å². The van der Waals surface area contributed by atoms with Gasteiger partial charge in [0.15, 0.2) is 5.78 Å². The van der Waals surface area contributed by atoms with Crippen LogP contribution >= 0.6 is 0 Å². The van der Waals surface area contributed by atoms with Crippen LogP contribution in [0.4, 0.5) is 4.39 Å². The molecule has 1 saturated carbocycles. The molecule has 2 N–H and O–H groups in total. The molecule has 0 saturated heterocycles. The third kappa shape index (κ3) is 2.12. The Labute approximate surface area is 101 Å². The molecule has 2 rings (SSSR count). The van der Waals surface area contributed by atoms with E-state index in [2.05, 4.69) is 0 Å². The number of hydrogen-bond acceptors (Lipinski definition) is 2. The van der Waals surface area contributed by atoms with Crippen molar-refractivity contribution in [1.82, 2.24) is 0 Å². The highest BCUT2D eigenvalue weighted by molar-refractivity contribution is 6.01. The predicted octanol–water partition coefficient (Wildman–Crippen LogP) is 2.83. The van der Waals surface area contributed by atoms with E-state index in [1.165, 1.54) is 12.1 Å². The number of nitrogens with two attached hydrogens (primary N) is 1. The molecule has 0 radical (unpaired) electrons. The topological polar surface area (TPSA) is 43.1 Å². The molecule has 1 fully saturated rings. The maximum Gasteiger partial charge on any atom is 0.170 e. The molecule has 0 aromatic heterocycles. The zero-order chi connectivity index (χ0) is 12.6. The van der Waals surface area contributed by atoms with Crippen LogP contribution in [-0.2, 0) is 0 Å². The molecule has 0 bridgehead atoms. The van der Waals surface area contributed by atoms with E-state index in [0.717, 1.165) is 24.8 Å². The van der Waals surface area contributed by atoms with Crippen LogP contribution in [-0.4, -0.2) is 11.8 Å². The van der Waals surface area contributed by atoms with E-state index in [-0.39, 0.29) is 17.6 Å². The minimum Gasteiger partial charge on any atom is -0.327 e. The van der Waals surface area contributed by atoms with Crippen LogP contribution in [0.5, 0.6) is 0 Å². The van der Waals surface area contributed by atoms with Gasteiger partial charge < -0.3 is 5.73 Å². The van der Waals surface area contributed by atoms with Crippen molar-refractivity contribution in [1.29, 1.82) is 0 Å². The molecular formula is C14H18FNO. The molecule has 0 spiro atoms. The van der Waals surface area contributed by atoms with E-state index < -0.39 is 5.41 Å². The Morgan fingerprint density at radius 2 is 2.18 bits per heavy atom. The number of Topliss-reactive ketones (excluding diaryl/α,β-unsaturated/α-hetero) is 1. The van der Waals surface area contributed by atoms with Gasteiger partial charge in [-0.3, -0.25) is 4.79 Å². The molecule has 3 heteroatoms. The molecule has 1 aliphatic rings. The Bertz CT molecular complexity index is 437. The summed E-state index contributed by atoms with van der Waals surface area (Å²) in [7, 11) is 0. The van der Waals surface area contributed by atoms with E-state index in [0.29, 0.717) is 5.56 Å². The molecule has 92 valence electrons. The van der Waals surface area contributed by atoms with Gasteiger partial charge in [-0.25, -0.2) is 4.39 Å². The molecule has 0 amide bonds. The summed E-state index contributed by atoms with van der Waals surface area (Å²) >= 11 is 0. The number of ketones is 1. The second-order valence-corrected chi connectivity index (χ2v) is 5.26. The number of halogens is 1. The summed E-state index contributed by atoms with van der Waals surface area (Å²) in [6.45, 7) is 3.68. The summed E-state index contributed by atoms with van der Waals surface area (Å²) in [5.41, 5.74) is 6.70. The van der Waals surface area contributed by atoms with E-state index in [9.17, 15) is 9.18 Å². The maximum atomic E-state index is 13.3. The van der Waals surface area contributed by atoms with Crippen molar-refractivity contribution in [2.45, 2.75) is 39.2 Å². The maximum absolute atomic E-state index is 13.3. The number of hydrogen-bond donors (Lipinski definition) is 1. The first-order chi connectivity index (χ1) is 7.93. The van der Waals surface area contributed by atoms with E-state index in [1.807, 2.05) is 6.92 Å². The Kier molecular flexibility index (Phi) is 3.04. The van der Waals surface area contributed by atoms with Gasteiger partial charge in [0.1, 0.15) is 5.82 Å². The SMILES string of the molecule is Cc1cc(F)cc(C(=O)C2(C)CCCC2N)c1. The van der Waals surface area contributed by atoms with Crippen molar-refractivity contribution in [3.63, 3.8) is 0 Å². The molecule has 2 atom stereocenters. The zero-order valence-electron chi connectivity index (χ0n) is 10.3. The third-order valence-electron chi connectivity index (χ3n) is 3.85. The Morgan fingerprint density at radius 1 is 1.47 bits per heavy atom. The minimum atomic E-state index is -0.528. The molecule has 17 heavy (non-hydrogen) atoms. The molecule has 1 aromatic carbocycles. The Balaban J connectivity index is 2.37. The molecule has 2 unspecified atom stereocenters. The highest BCUT2D eigenvalue weighted by Crippen LogP contribution is 2.39. The smallest absolute Gasteiger partial charge is 0.170 e. The summed E-state index contributed by atoms with van der Waals surface area (Å²) < 4.78 is 13.3. The second-order valence-electron chi connectivity index (χ2n) is 5.26. The van der Waals surface area contributed by atoms with Crippen LogP contribution < -0.4 is 5.73 Å². The van der Waals surface area contributed by atoms with Gasteiger partial charge in [0.25, 0.3) is 0 Å². The quantitative estimate of drug-likeness (QED) is 0.801. The second kappa shape index (κ2) is 4.22. The van der Waals surface area contributed by atoms with Gasteiger partial charge >= 0.3 is 0 Å². The van der Waals surface area contributed by atoms with Crippen molar-refractivity contribution >= 4 is 5.78 Å². The molecule has 2 nitrogen and oxygen atoms in total. The van der Waals surface area contributed by atoms with E-state index in [4.69, 9.17) is 5.73 Å². The van der Waals surface area contributed by atoms with E-state index >= 15 is 0 Å². The van der Waals surface area contributed by atoms with Crippen LogP contribution in [0.1, 0.15) is 42.1 Å². The van der Waals surface area contributed by atoms with Gasteiger partial charge in [-0.05, 0) is 43.5 Å². The number of benzene rings is 1. The van der Waals surface area contributed by atoms with Gasteiger partial charge in [0.2, 0.25) is 0 Å². The number of carbonyl (C=O) groups excluding carboxylic acids is 1. The van der Waals surface area contributed by atoms with Crippen molar-refractivity contribution in [3.8, 4) is 0 Å². The Morgan fingerprint density at radius 3 is 2.71 bits per heavy atom. The fourth-order valence-electron chi connectivity index (χ4n) is 2.67. The average molecular weight is 235 g/mol. The first-order valence-electron chi connectivity index (χ1n) is 6.01. The van der Waals surface area contributed by atoms with Crippen molar-refractivity contribution < 1.29 is 9.18 Å². The predicted molar refractivity (Wildman–Crippen MR) is 65.4 cm³/mol. The van der Waals surface area contributed by atoms with Crippen molar-refractivity contribution in [2.24, 2.45) is 11.1 Å². The van der Waals surface area contributed by atoms with Gasteiger partial charge in [0, 0.05) is 17.0 Å². The highest BCUT2D eigenvalue weighted by atomic mass is 19.1. The standard InChI is InChI=1S/C14H18FNO/c1-9-6-10(8-11(15)7-9)13(17)14(2)5-3-4-12(14)16/h6-8,12H,3-5,16H2,1-2H3. The first kappa shape index (κ1) is 12.2. The lowest BCUT2D eigenvalue weighted by atomic mass is 9.78. The first-order valence-corrected chi connectivity index (χ1v) is 6.01. The molecular weight excluding hydrogens is 217 g/mol. The summed E-state index contributed by atoms with van der Waals surface area (Å²) in [5.74, 6) is -0.381. The van der Waals surface area contributed by atoms with Gasteiger partial charge in [-0.2, -0.15) is 0 Å². The minimum absolute atomic E-state index is 0.0231. The van der Waals surface area contributed by atoms with Crippen LogP contribution in [0.3, 0.4) is 0 Å². The monoisotopic (exact) mass is 235 g/mol. The lowest BCUT2D eigenvalue weighted by Gasteiger charge is -2.27. The highest BCUT2D eigenvalue weighted by Gasteiger charge is 2.43. The van der Waals surface area contributed by atoms with Crippen LogP contribution in [0.25, 0.3) is 0 Å². The largest absolute Gasteiger partial charge is 0.327 e. The number of aryl methyl sites for hydroxylation is 1. The van der Waals surface area contributed by atoms with Crippen LogP contribution in [0.15, 0.2) is 18.2 Å². The van der Waals surface area contributed by atoms with Crippen LogP contribution in [0, 0.1) is 18.2 Å².